The van der Waals surface area contributed by atoms with Crippen LogP contribution in [0.2, 0.25) is 0 Å². The van der Waals surface area contributed by atoms with Gasteiger partial charge in [0, 0.05) is 5.56 Å². The van der Waals surface area contributed by atoms with Crippen LogP contribution in [-0.2, 0) is 32.7 Å². The second-order valence-electron chi connectivity index (χ2n) is 3.93. The molecule has 4 heteroatoms. The molecule has 1 N–H and O–H groups in total. The number of carbonyl (C=O) groups excluding carboxylic acids is 1. The molecule has 86 valence electrons. The maximum atomic E-state index is 11.9. The van der Waals surface area contributed by atoms with Gasteiger partial charge in [-0.2, -0.15) is 6.07 Å². The van der Waals surface area contributed by atoms with Crippen LogP contribution < -0.4 is 5.32 Å². The maximum Gasteiger partial charge on any atom is 3.00 e. The van der Waals surface area contributed by atoms with Crippen LogP contribution in [0.25, 0.3) is 0 Å². The van der Waals surface area contributed by atoms with Crippen LogP contribution in [0.15, 0.2) is 36.5 Å². The Kier molecular flexibility index (Phi) is 5.64. The Balaban J connectivity index is 0.00000162. The summed E-state index contributed by atoms with van der Waals surface area (Å²) in [6.45, 7) is 4.01. The third kappa shape index (κ3) is 3.72. The molecule has 0 saturated heterocycles. The molecule has 0 saturated carbocycles. The van der Waals surface area contributed by atoms with Gasteiger partial charge in [-0.3, -0.25) is 4.79 Å². The fourth-order valence-corrected chi connectivity index (χ4v) is 1.48. The van der Waals surface area contributed by atoms with Crippen LogP contribution in [0.1, 0.15) is 21.5 Å². The molecule has 0 aliphatic heterocycles. The van der Waals surface area contributed by atoms with E-state index in [9.17, 15) is 4.79 Å². The molecular formula is C14H13N2OY+2. The van der Waals surface area contributed by atoms with Crippen molar-refractivity contribution in [2.75, 3.05) is 5.32 Å². The van der Waals surface area contributed by atoms with Crippen molar-refractivity contribution in [3.63, 3.8) is 0 Å². The van der Waals surface area contributed by atoms with Gasteiger partial charge in [0.15, 0.2) is 0 Å². The second kappa shape index (κ2) is 6.76. The van der Waals surface area contributed by atoms with Crippen molar-refractivity contribution in [1.29, 1.82) is 0 Å². The molecule has 3 nitrogen and oxygen atoms in total. The minimum atomic E-state index is -0.124. The van der Waals surface area contributed by atoms with Crippen molar-refractivity contribution < 1.29 is 37.5 Å². The first kappa shape index (κ1) is 15.0. The molecule has 2 aromatic rings. The molecule has 0 radical (unpaired) electrons. The Labute approximate surface area is 132 Å². The number of hydrogen-bond donors (Lipinski definition) is 1. The van der Waals surface area contributed by atoms with Gasteiger partial charge in [-0.25, -0.2) is 0 Å². The van der Waals surface area contributed by atoms with E-state index >= 15 is 0 Å². The Morgan fingerprint density at radius 3 is 2.61 bits per heavy atom. The van der Waals surface area contributed by atoms with Gasteiger partial charge in [0.1, 0.15) is 0 Å². The Morgan fingerprint density at radius 1 is 1.22 bits per heavy atom. The average Bonchev–Trinajstić information content (AvgIpc) is 2.34. The van der Waals surface area contributed by atoms with E-state index in [1.165, 1.54) is 5.56 Å². The molecule has 2 rings (SSSR count). The number of amides is 1. The van der Waals surface area contributed by atoms with Gasteiger partial charge in [-0.05, 0) is 37.1 Å². The molecule has 0 spiro atoms. The Morgan fingerprint density at radius 2 is 2.00 bits per heavy atom. The van der Waals surface area contributed by atoms with Gasteiger partial charge in [0.05, 0.1) is 0 Å². The van der Waals surface area contributed by atoms with Gasteiger partial charge in [0.25, 0.3) is 5.91 Å². The normalized spacial score (nSPS) is 9.44. The third-order valence-corrected chi connectivity index (χ3v) is 2.64. The summed E-state index contributed by atoms with van der Waals surface area (Å²) in [5.74, 6) is -0.124. The first-order valence-corrected chi connectivity index (χ1v) is 5.37. The predicted molar refractivity (Wildman–Crippen MR) is 66.9 cm³/mol. The summed E-state index contributed by atoms with van der Waals surface area (Å²) in [6.07, 6.45) is 4.23. The summed E-state index contributed by atoms with van der Waals surface area (Å²) >= 11 is 0. The number of anilines is 1. The number of pyridine rings is 1. The van der Waals surface area contributed by atoms with Gasteiger partial charge < -0.3 is 10.3 Å². The van der Waals surface area contributed by atoms with E-state index in [4.69, 9.17) is 0 Å². The average molecular weight is 314 g/mol. The number of rotatable bonds is 2. The largest absolute Gasteiger partial charge is 3.00 e. The van der Waals surface area contributed by atoms with Crippen molar-refractivity contribution in [1.82, 2.24) is 4.98 Å². The molecule has 1 aromatic heterocycles. The monoisotopic (exact) mass is 314 g/mol. The molecule has 18 heavy (non-hydrogen) atoms. The number of benzene rings is 1. The van der Waals surface area contributed by atoms with Crippen LogP contribution in [0.3, 0.4) is 0 Å². The number of hydrogen-bond acceptors (Lipinski definition) is 2. The number of aromatic nitrogens is 1. The smallest absolute Gasteiger partial charge is 0.392 e. The minimum absolute atomic E-state index is 0. The van der Waals surface area contributed by atoms with Crippen LogP contribution >= 0.6 is 0 Å². The zero-order valence-corrected chi connectivity index (χ0v) is 13.2. The van der Waals surface area contributed by atoms with E-state index in [1.54, 1.807) is 18.3 Å². The van der Waals surface area contributed by atoms with Crippen molar-refractivity contribution in [2.24, 2.45) is 0 Å². The van der Waals surface area contributed by atoms with E-state index in [-0.39, 0.29) is 38.6 Å². The maximum absolute atomic E-state index is 11.9. The molecular weight excluding hydrogens is 301 g/mol. The first-order valence-electron chi connectivity index (χ1n) is 5.37. The number of carbonyl (C=O) groups is 1. The van der Waals surface area contributed by atoms with E-state index in [0.29, 0.717) is 11.3 Å². The van der Waals surface area contributed by atoms with Crippen molar-refractivity contribution in [3.05, 3.63) is 59.4 Å². The molecule has 0 unspecified atom stereocenters. The summed E-state index contributed by atoms with van der Waals surface area (Å²) in [7, 11) is 0. The summed E-state index contributed by atoms with van der Waals surface area (Å²) in [6, 6.07) is 9.07. The summed E-state index contributed by atoms with van der Waals surface area (Å²) in [5, 5.41) is 2.78. The van der Waals surface area contributed by atoms with E-state index in [1.807, 2.05) is 32.0 Å². The van der Waals surface area contributed by atoms with Gasteiger partial charge >= 0.3 is 32.7 Å². The summed E-state index contributed by atoms with van der Waals surface area (Å²) in [4.78, 5) is 15.8. The zero-order chi connectivity index (χ0) is 12.3. The second-order valence-corrected chi connectivity index (χ2v) is 3.93. The standard InChI is InChI=1S/C14H13N2O.Y/c1-10-5-6-12(8-11(10)2)14(17)16-13-4-3-7-15-9-13;/h3-6,8-9H,1-2H3,(H,16,17);/q-1;+3. The molecule has 0 atom stereocenters. The molecule has 1 amide bonds. The van der Waals surface area contributed by atoms with E-state index < -0.39 is 0 Å². The Bertz CT molecular complexity index is 541. The van der Waals surface area contributed by atoms with Crippen molar-refractivity contribution in [2.45, 2.75) is 13.8 Å². The first-order chi connectivity index (χ1) is 8.16. The van der Waals surface area contributed by atoms with Gasteiger partial charge in [-0.15, -0.1) is 6.07 Å². The fourth-order valence-electron chi connectivity index (χ4n) is 1.48. The van der Waals surface area contributed by atoms with Gasteiger partial charge in [-0.1, -0.05) is 24.1 Å². The van der Waals surface area contributed by atoms with Crippen LogP contribution in [0, 0.1) is 20.0 Å². The third-order valence-electron chi connectivity index (χ3n) is 2.64. The van der Waals surface area contributed by atoms with Crippen molar-refractivity contribution >= 4 is 11.6 Å². The minimum Gasteiger partial charge on any atom is -0.392 e. The number of nitrogens with zero attached hydrogens (tertiary/aromatic N) is 1. The van der Waals surface area contributed by atoms with Crippen LogP contribution in [0.5, 0.6) is 0 Å². The molecule has 0 aliphatic rings. The number of nitrogens with one attached hydrogen (secondary N) is 1. The van der Waals surface area contributed by atoms with E-state index in [2.05, 4.69) is 16.5 Å². The Hall–Kier alpha value is -1.06. The fraction of sp³-hybridized carbons (Fsp3) is 0.143. The molecule has 0 bridgehead atoms. The summed E-state index contributed by atoms with van der Waals surface area (Å²) < 4.78 is 0. The SMILES string of the molecule is Cc1ccc(C(=O)Nc2cc[c-]nc2)cc1C.[Y+3]. The van der Waals surface area contributed by atoms with Crippen molar-refractivity contribution in [3.8, 4) is 0 Å². The molecule has 1 heterocycles. The zero-order valence-electron chi connectivity index (χ0n) is 10.4. The quantitative estimate of drug-likeness (QED) is 0.866. The van der Waals surface area contributed by atoms with Crippen LogP contribution in [0.4, 0.5) is 5.69 Å². The van der Waals surface area contributed by atoms with E-state index in [0.717, 1.165) is 5.56 Å². The topological polar surface area (TPSA) is 42.0 Å². The van der Waals surface area contributed by atoms with Gasteiger partial charge in [0.2, 0.25) is 0 Å². The predicted octanol–water partition coefficient (Wildman–Crippen LogP) is 2.75. The van der Waals surface area contributed by atoms with Crippen LogP contribution in [-0.4, -0.2) is 10.9 Å². The molecule has 0 fully saturated rings. The number of aryl methyl sites for hydroxylation is 2. The molecule has 0 aliphatic carbocycles. The summed E-state index contributed by atoms with van der Waals surface area (Å²) in [5.41, 5.74) is 3.61. The molecule has 1 aromatic carbocycles.